The second-order valence-electron chi connectivity index (χ2n) is 15.3. The van der Waals surface area contributed by atoms with Crippen LogP contribution >= 0.6 is 0 Å². The van der Waals surface area contributed by atoms with Gasteiger partial charge in [-0.15, -0.1) is 0 Å². The van der Waals surface area contributed by atoms with Gasteiger partial charge in [-0.2, -0.15) is 0 Å². The SMILES string of the molecule is CCCCCCCCCCCCCC(=O)OCC(COC(=O)CCCC(=O)N(C)OCCC(C)(C)OC)OC(=O)CCCCCCCCCCCCC. The lowest BCUT2D eigenvalue weighted by molar-refractivity contribution is -0.182. The molecule has 0 saturated heterocycles. The van der Waals surface area contributed by atoms with E-state index in [-0.39, 0.29) is 62.3 Å². The molecular weight excluding hydrogens is 674 g/mol. The molecule has 0 fully saturated rings. The molecule has 10 heteroatoms. The molecule has 312 valence electrons. The molecule has 0 aromatic carbocycles. The van der Waals surface area contributed by atoms with Crippen LogP contribution in [0.2, 0.25) is 0 Å². The Hall–Kier alpha value is -2.20. The molecule has 0 aliphatic rings. The minimum atomic E-state index is -0.877. The zero-order chi connectivity index (χ0) is 39.4. The summed E-state index contributed by atoms with van der Waals surface area (Å²) in [7, 11) is 3.18. The van der Waals surface area contributed by atoms with E-state index in [2.05, 4.69) is 13.8 Å². The molecule has 0 aromatic heterocycles. The summed E-state index contributed by atoms with van der Waals surface area (Å²) in [5, 5.41) is 1.19. The second-order valence-corrected chi connectivity index (χ2v) is 15.3. The maximum atomic E-state index is 12.7. The number of carbonyl (C=O) groups is 4. The summed E-state index contributed by atoms with van der Waals surface area (Å²) in [5.41, 5.74) is -0.350. The Morgan fingerprint density at radius 2 is 0.906 bits per heavy atom. The highest BCUT2D eigenvalue weighted by Gasteiger charge is 2.21. The number of amides is 1. The Balaban J connectivity index is 4.56. The van der Waals surface area contributed by atoms with Crippen LogP contribution in [-0.4, -0.2) is 74.6 Å². The number of esters is 3. The van der Waals surface area contributed by atoms with E-state index in [9.17, 15) is 19.2 Å². The third-order valence-electron chi connectivity index (χ3n) is 9.79. The van der Waals surface area contributed by atoms with Gasteiger partial charge >= 0.3 is 17.9 Å². The number of ether oxygens (including phenoxy) is 4. The van der Waals surface area contributed by atoms with Gasteiger partial charge in [0.2, 0.25) is 5.91 Å². The number of unbranched alkanes of at least 4 members (excludes halogenated alkanes) is 20. The Labute approximate surface area is 324 Å². The van der Waals surface area contributed by atoms with E-state index in [1.807, 2.05) is 13.8 Å². The highest BCUT2D eigenvalue weighted by Crippen LogP contribution is 2.15. The molecule has 0 saturated carbocycles. The normalized spacial score (nSPS) is 12.0. The number of carbonyl (C=O) groups excluding carboxylic acids is 4. The van der Waals surface area contributed by atoms with Gasteiger partial charge in [-0.25, -0.2) is 5.06 Å². The van der Waals surface area contributed by atoms with Gasteiger partial charge in [0, 0.05) is 46.3 Å². The smallest absolute Gasteiger partial charge is 0.306 e. The van der Waals surface area contributed by atoms with Gasteiger partial charge in [0.25, 0.3) is 0 Å². The number of hydrogen-bond acceptors (Lipinski definition) is 9. The van der Waals surface area contributed by atoms with Crippen LogP contribution in [0.25, 0.3) is 0 Å². The predicted molar refractivity (Wildman–Crippen MR) is 212 cm³/mol. The summed E-state index contributed by atoms with van der Waals surface area (Å²) < 4.78 is 21.8. The highest BCUT2D eigenvalue weighted by atomic mass is 16.7. The topological polar surface area (TPSA) is 118 Å². The van der Waals surface area contributed by atoms with E-state index in [1.165, 1.54) is 108 Å². The van der Waals surface area contributed by atoms with Crippen molar-refractivity contribution in [2.24, 2.45) is 0 Å². The van der Waals surface area contributed by atoms with Gasteiger partial charge < -0.3 is 18.9 Å². The Morgan fingerprint density at radius 3 is 1.32 bits per heavy atom. The lowest BCUT2D eigenvalue weighted by Crippen LogP contribution is -2.31. The molecule has 1 atom stereocenters. The average molecular weight is 756 g/mol. The molecule has 1 amide bonds. The first kappa shape index (κ1) is 50.8. The maximum Gasteiger partial charge on any atom is 0.306 e. The third kappa shape index (κ3) is 34.1. The minimum absolute atomic E-state index is 0.0222. The van der Waals surface area contributed by atoms with Gasteiger partial charge in [-0.05, 0) is 33.1 Å². The lowest BCUT2D eigenvalue weighted by Gasteiger charge is -2.24. The van der Waals surface area contributed by atoms with Crippen molar-refractivity contribution in [2.75, 3.05) is 34.0 Å². The summed E-state index contributed by atoms with van der Waals surface area (Å²) >= 11 is 0. The number of hydroxylamine groups is 2. The summed E-state index contributed by atoms with van der Waals surface area (Å²) in [6.07, 6.45) is 27.0. The van der Waals surface area contributed by atoms with Crippen molar-refractivity contribution < 1.29 is 43.0 Å². The van der Waals surface area contributed by atoms with E-state index < -0.39 is 12.1 Å². The van der Waals surface area contributed by atoms with Crippen LogP contribution in [0.1, 0.15) is 207 Å². The van der Waals surface area contributed by atoms with E-state index in [0.29, 0.717) is 19.4 Å². The molecule has 0 aromatic rings. The Morgan fingerprint density at radius 1 is 0.528 bits per heavy atom. The van der Waals surface area contributed by atoms with E-state index in [1.54, 1.807) is 14.2 Å². The second kappa shape index (κ2) is 35.5. The molecule has 1 unspecified atom stereocenters. The monoisotopic (exact) mass is 756 g/mol. The van der Waals surface area contributed by atoms with Crippen molar-refractivity contribution in [1.29, 1.82) is 0 Å². The first-order valence-corrected chi connectivity index (χ1v) is 21.5. The zero-order valence-corrected chi connectivity index (χ0v) is 35.1. The fourth-order valence-electron chi connectivity index (χ4n) is 5.89. The molecule has 0 bridgehead atoms. The van der Waals surface area contributed by atoms with Crippen LogP contribution in [0.5, 0.6) is 0 Å². The Kier molecular flexibility index (Phi) is 34.0. The molecular formula is C43H81NO9. The average Bonchev–Trinajstić information content (AvgIpc) is 3.13. The van der Waals surface area contributed by atoms with Crippen molar-refractivity contribution in [2.45, 2.75) is 219 Å². The highest BCUT2D eigenvalue weighted by molar-refractivity contribution is 5.76. The van der Waals surface area contributed by atoms with Crippen LogP contribution in [0.15, 0.2) is 0 Å². The van der Waals surface area contributed by atoms with Crippen LogP contribution in [-0.2, 0) is 43.0 Å². The molecule has 0 rings (SSSR count). The van der Waals surface area contributed by atoms with Crippen LogP contribution in [0.4, 0.5) is 0 Å². The minimum Gasteiger partial charge on any atom is -0.462 e. The van der Waals surface area contributed by atoms with Gasteiger partial charge in [-0.1, -0.05) is 142 Å². The number of methoxy groups -OCH3 is 1. The molecule has 0 spiro atoms. The first-order chi connectivity index (χ1) is 25.5. The van der Waals surface area contributed by atoms with Crippen molar-refractivity contribution in [3.05, 3.63) is 0 Å². The lowest BCUT2D eigenvalue weighted by atomic mass is 10.1. The van der Waals surface area contributed by atoms with Gasteiger partial charge in [0.15, 0.2) is 6.10 Å². The quantitative estimate of drug-likeness (QED) is 0.0263. The van der Waals surface area contributed by atoms with Crippen molar-refractivity contribution in [3.8, 4) is 0 Å². The summed E-state index contributed by atoms with van der Waals surface area (Å²) in [5.74, 6) is -1.48. The van der Waals surface area contributed by atoms with Crippen LogP contribution < -0.4 is 0 Å². The van der Waals surface area contributed by atoms with Gasteiger partial charge in [-0.3, -0.25) is 24.0 Å². The van der Waals surface area contributed by atoms with E-state index in [4.69, 9.17) is 23.8 Å². The predicted octanol–water partition coefficient (Wildman–Crippen LogP) is 10.8. The standard InChI is InChI=1S/C43H81NO9/c1-7-9-11-13-15-17-19-21-23-25-27-31-40(46)50-36-38(53-42(48)32-28-26-24-22-20-18-16-14-12-10-8-2)37-51-41(47)33-29-30-39(45)44(5)52-35-34-43(3,4)49-6/h38H,7-37H2,1-6H3. The summed E-state index contributed by atoms with van der Waals surface area (Å²) in [4.78, 5) is 55.6. The van der Waals surface area contributed by atoms with E-state index >= 15 is 0 Å². The third-order valence-corrected chi connectivity index (χ3v) is 9.79. The fraction of sp³-hybridized carbons (Fsp3) is 0.907. The molecule has 0 radical (unpaired) electrons. The van der Waals surface area contributed by atoms with Gasteiger partial charge in [0.1, 0.15) is 13.2 Å². The van der Waals surface area contributed by atoms with Gasteiger partial charge in [0.05, 0.1) is 12.2 Å². The molecule has 0 aliphatic heterocycles. The van der Waals surface area contributed by atoms with E-state index in [0.717, 1.165) is 38.5 Å². The fourth-order valence-corrected chi connectivity index (χ4v) is 5.89. The van der Waals surface area contributed by atoms with Crippen molar-refractivity contribution in [3.63, 3.8) is 0 Å². The van der Waals surface area contributed by atoms with Crippen molar-refractivity contribution in [1.82, 2.24) is 5.06 Å². The molecule has 53 heavy (non-hydrogen) atoms. The molecule has 0 heterocycles. The summed E-state index contributed by atoms with van der Waals surface area (Å²) in [6, 6.07) is 0. The Bertz CT molecular complexity index is 910. The van der Waals surface area contributed by atoms with Crippen molar-refractivity contribution >= 4 is 23.8 Å². The maximum absolute atomic E-state index is 12.7. The summed E-state index contributed by atoms with van der Waals surface area (Å²) in [6.45, 7) is 8.32. The largest absolute Gasteiger partial charge is 0.462 e. The first-order valence-electron chi connectivity index (χ1n) is 21.5. The van der Waals surface area contributed by atoms with Crippen LogP contribution in [0, 0.1) is 0 Å². The molecule has 0 aliphatic carbocycles. The number of nitrogens with zero attached hydrogens (tertiary/aromatic N) is 1. The van der Waals surface area contributed by atoms with Crippen LogP contribution in [0.3, 0.4) is 0 Å². The zero-order valence-electron chi connectivity index (χ0n) is 35.1. The molecule has 10 nitrogen and oxygen atoms in total. The molecule has 0 N–H and O–H groups in total. The number of hydrogen-bond donors (Lipinski definition) is 0. The number of rotatable bonds is 38.